The Hall–Kier alpha value is -4.88. The van der Waals surface area contributed by atoms with E-state index in [-0.39, 0.29) is 5.41 Å². The number of rotatable bonds is 12. The monoisotopic (exact) mass is 738 g/mol. The molecule has 0 spiro atoms. The van der Waals surface area contributed by atoms with E-state index in [1.54, 1.807) is 0 Å². The smallest absolute Gasteiger partial charge is 0.326 e. The van der Waals surface area contributed by atoms with Crippen molar-refractivity contribution in [2.24, 2.45) is 0 Å². The minimum atomic E-state index is -1.61. The van der Waals surface area contributed by atoms with Crippen LogP contribution in [-0.2, 0) is 5.41 Å². The van der Waals surface area contributed by atoms with Gasteiger partial charge in [-0.1, -0.05) is 112 Å². The molecule has 53 heavy (non-hydrogen) atoms. The number of aryl methyl sites for hydroxylation is 4. The molecule has 0 saturated carbocycles. The molecule has 0 aromatic heterocycles. The van der Waals surface area contributed by atoms with Crippen LogP contribution >= 0.6 is 16.8 Å². The predicted octanol–water partition coefficient (Wildman–Crippen LogP) is 13.1. The third-order valence-corrected chi connectivity index (χ3v) is 11.7. The highest BCUT2D eigenvalue weighted by atomic mass is 31.2. The summed E-state index contributed by atoms with van der Waals surface area (Å²) in [6.45, 7) is 21.2. The molecule has 0 fully saturated rings. The van der Waals surface area contributed by atoms with Gasteiger partial charge >= 0.3 is 16.8 Å². The molecule has 2 atom stereocenters. The zero-order valence-corrected chi connectivity index (χ0v) is 33.7. The Labute approximate surface area is 318 Å². The van der Waals surface area contributed by atoms with Gasteiger partial charge in [0.05, 0.1) is 10.6 Å². The van der Waals surface area contributed by atoms with Crippen LogP contribution in [0.4, 0.5) is 0 Å². The highest BCUT2D eigenvalue weighted by Gasteiger charge is 2.28. The summed E-state index contributed by atoms with van der Waals surface area (Å²) in [6, 6.07) is 45.3. The third-order valence-electron chi connectivity index (χ3n) is 8.81. The van der Waals surface area contributed by atoms with Gasteiger partial charge in [0.25, 0.3) is 0 Å². The van der Waals surface area contributed by atoms with E-state index in [4.69, 9.17) is 18.1 Å². The third kappa shape index (κ3) is 9.02. The molecular weight excluding hydrogens is 690 g/mol. The second kappa shape index (κ2) is 16.4. The van der Waals surface area contributed by atoms with Gasteiger partial charge in [-0.25, -0.2) is 0 Å². The van der Waals surface area contributed by atoms with Crippen molar-refractivity contribution < 1.29 is 18.1 Å². The number of benzene rings is 6. The van der Waals surface area contributed by atoms with Crippen LogP contribution in [0.5, 0.6) is 23.0 Å². The first-order chi connectivity index (χ1) is 25.4. The number of para-hydroxylation sites is 2. The zero-order valence-electron chi connectivity index (χ0n) is 31.9. The summed E-state index contributed by atoms with van der Waals surface area (Å²) in [5.74, 6) is 3.05. The van der Waals surface area contributed by atoms with Crippen LogP contribution < -0.4 is 28.7 Å². The molecule has 6 rings (SSSR count). The minimum absolute atomic E-state index is 0.116. The van der Waals surface area contributed by atoms with Crippen LogP contribution in [-0.4, -0.2) is 0 Å². The zero-order chi connectivity index (χ0) is 37.7. The van der Waals surface area contributed by atoms with Gasteiger partial charge in [0.15, 0.2) is 0 Å². The first-order valence-electron chi connectivity index (χ1n) is 17.9. The molecule has 6 aromatic carbocycles. The molecule has 0 aliphatic heterocycles. The molecule has 270 valence electrons. The molecule has 0 radical (unpaired) electrons. The maximum atomic E-state index is 7.16. The normalized spacial score (nSPS) is 12.5. The number of hydrogen-bond acceptors (Lipinski definition) is 4. The van der Waals surface area contributed by atoms with Gasteiger partial charge in [-0.05, 0) is 122 Å². The Kier molecular flexibility index (Phi) is 11.7. The van der Waals surface area contributed by atoms with Crippen LogP contribution in [0.3, 0.4) is 0 Å². The summed E-state index contributed by atoms with van der Waals surface area (Å²) >= 11 is 0. The minimum Gasteiger partial charge on any atom is -0.435 e. The van der Waals surface area contributed by atoms with Crippen molar-refractivity contribution in [2.75, 3.05) is 0 Å². The summed E-state index contributed by atoms with van der Waals surface area (Å²) in [4.78, 5) is 0. The molecule has 6 aromatic rings. The molecule has 2 unspecified atom stereocenters. The summed E-state index contributed by atoms with van der Waals surface area (Å²) in [6.07, 6.45) is 0. The van der Waals surface area contributed by atoms with E-state index in [1.807, 2.05) is 79.7 Å². The maximum absolute atomic E-state index is 7.16. The first kappa shape index (κ1) is 37.9. The van der Waals surface area contributed by atoms with Gasteiger partial charge in [-0.15, -0.1) is 0 Å². The summed E-state index contributed by atoms with van der Waals surface area (Å²) in [5.41, 5.74) is 9.01. The first-order valence-corrected chi connectivity index (χ1v) is 20.2. The maximum Gasteiger partial charge on any atom is 0.326 e. The lowest BCUT2D eigenvalue weighted by atomic mass is 9.86. The number of hydrogen-bond donors (Lipinski definition) is 0. The standard InChI is InChI=1S/C47H48O4P2/c1-32(2)39-24-16-18-26-43(39)48-52(37-20-12-10-13-21-37)50-45-35(5)28-33(3)30-40(45)41-31-34(4)29-36(6)46(41)51-53(38-22-14-11-15-23-38)49-44-27-19-17-25-42(44)47(7,8)9/h10-31H,1H2,2-9H3. The van der Waals surface area contributed by atoms with E-state index in [0.29, 0.717) is 0 Å². The Morgan fingerprint density at radius 3 is 1.40 bits per heavy atom. The second-order valence-corrected chi connectivity index (χ2v) is 17.3. The second-order valence-electron chi connectivity index (χ2n) is 14.5. The highest BCUT2D eigenvalue weighted by Crippen LogP contribution is 2.51. The molecule has 4 nitrogen and oxygen atoms in total. The van der Waals surface area contributed by atoms with Crippen LogP contribution in [0.2, 0.25) is 0 Å². The van der Waals surface area contributed by atoms with Crippen molar-refractivity contribution in [3.8, 4) is 34.1 Å². The van der Waals surface area contributed by atoms with Gasteiger partial charge in [0.1, 0.15) is 23.0 Å². The SMILES string of the molecule is C=C(C)c1ccccc1OP(Oc1c(C)cc(C)cc1-c1cc(C)cc(C)c1OP(Oc1ccccc1C(C)(C)C)c1ccccc1)c1ccccc1. The van der Waals surface area contributed by atoms with Crippen LogP contribution in [0.25, 0.3) is 16.7 Å². The number of allylic oxidation sites excluding steroid dienone is 1. The van der Waals surface area contributed by atoms with Gasteiger partial charge in [-0.2, -0.15) is 0 Å². The van der Waals surface area contributed by atoms with E-state index < -0.39 is 16.8 Å². The van der Waals surface area contributed by atoms with Crippen molar-refractivity contribution in [3.63, 3.8) is 0 Å². The molecule has 0 bridgehead atoms. The van der Waals surface area contributed by atoms with Gasteiger partial charge in [-0.3, -0.25) is 0 Å². The van der Waals surface area contributed by atoms with E-state index in [9.17, 15) is 0 Å². The topological polar surface area (TPSA) is 36.9 Å². The summed E-state index contributed by atoms with van der Waals surface area (Å²) in [7, 11) is -3.21. The Bertz CT molecular complexity index is 2210. The fourth-order valence-corrected chi connectivity index (χ4v) is 9.13. The van der Waals surface area contributed by atoms with Gasteiger partial charge in [0.2, 0.25) is 0 Å². The van der Waals surface area contributed by atoms with E-state index in [1.165, 1.54) is 0 Å². The molecule has 0 heterocycles. The predicted molar refractivity (Wildman–Crippen MR) is 226 cm³/mol. The fourth-order valence-electron chi connectivity index (χ4n) is 6.31. The lowest BCUT2D eigenvalue weighted by Crippen LogP contribution is -2.15. The van der Waals surface area contributed by atoms with Gasteiger partial charge in [0, 0.05) is 16.7 Å². The van der Waals surface area contributed by atoms with Crippen LogP contribution in [0.1, 0.15) is 61.1 Å². The molecule has 6 heteroatoms. The molecule has 0 N–H and O–H groups in total. The average Bonchev–Trinajstić information content (AvgIpc) is 3.13. The molecular formula is C47H48O4P2. The van der Waals surface area contributed by atoms with E-state index in [0.717, 1.165) is 83.7 Å². The van der Waals surface area contributed by atoms with Crippen molar-refractivity contribution >= 4 is 32.9 Å². The Morgan fingerprint density at radius 1 is 0.509 bits per heavy atom. The lowest BCUT2D eigenvalue weighted by molar-refractivity contribution is 0.480. The van der Waals surface area contributed by atoms with Crippen LogP contribution in [0, 0.1) is 27.7 Å². The highest BCUT2D eigenvalue weighted by molar-refractivity contribution is 7.57. The largest absolute Gasteiger partial charge is 0.435 e. The Morgan fingerprint density at radius 2 is 0.925 bits per heavy atom. The van der Waals surface area contributed by atoms with Gasteiger partial charge < -0.3 is 18.1 Å². The average molecular weight is 739 g/mol. The van der Waals surface area contributed by atoms with Crippen molar-refractivity contribution in [3.05, 3.63) is 173 Å². The quantitative estimate of drug-likeness (QED) is 0.117. The molecule has 0 saturated heterocycles. The molecule has 0 amide bonds. The molecule has 0 aliphatic rings. The van der Waals surface area contributed by atoms with Crippen molar-refractivity contribution in [1.82, 2.24) is 0 Å². The Balaban J connectivity index is 1.48. The van der Waals surface area contributed by atoms with E-state index in [2.05, 4.69) is 116 Å². The van der Waals surface area contributed by atoms with E-state index >= 15 is 0 Å². The lowest BCUT2D eigenvalue weighted by Gasteiger charge is -2.27. The van der Waals surface area contributed by atoms with Crippen LogP contribution in [0.15, 0.2) is 140 Å². The molecule has 0 aliphatic carbocycles. The van der Waals surface area contributed by atoms with Crippen molar-refractivity contribution in [2.45, 2.75) is 60.8 Å². The summed E-state index contributed by atoms with van der Waals surface area (Å²) in [5, 5.41) is 1.94. The van der Waals surface area contributed by atoms with Crippen molar-refractivity contribution in [1.29, 1.82) is 0 Å². The summed E-state index contributed by atoms with van der Waals surface area (Å²) < 4.78 is 28.0. The fraction of sp³-hybridized carbons (Fsp3) is 0.191.